The van der Waals surface area contributed by atoms with Crippen molar-refractivity contribution in [3.8, 4) is 0 Å². The van der Waals surface area contributed by atoms with Gasteiger partial charge >= 0.3 is 0 Å². The number of nitrogens with one attached hydrogen (secondary N) is 1. The molecule has 0 saturated heterocycles. The van der Waals surface area contributed by atoms with E-state index >= 15 is 0 Å². The Hall–Kier alpha value is 0.0900. The second kappa shape index (κ2) is 5.95. The summed E-state index contributed by atoms with van der Waals surface area (Å²) in [6.07, 6.45) is 5.10. The molecule has 2 bridgehead atoms. The number of halogens is 2. The average molecular weight is 437 g/mol. The van der Waals surface area contributed by atoms with Crippen LogP contribution in [0.3, 0.4) is 0 Å². The van der Waals surface area contributed by atoms with Gasteiger partial charge in [-0.2, -0.15) is 0 Å². The molecule has 1 aromatic carbocycles. The fraction of sp³-hybridized carbons (Fsp3) is 0.600. The van der Waals surface area contributed by atoms with Crippen LogP contribution in [0.5, 0.6) is 0 Å². The average Bonchev–Trinajstić information content (AvgIpc) is 3.03. The van der Waals surface area contributed by atoms with E-state index < -0.39 is 10.0 Å². The van der Waals surface area contributed by atoms with E-state index in [-0.39, 0.29) is 0 Å². The molecule has 6 heteroatoms. The van der Waals surface area contributed by atoms with Crippen molar-refractivity contribution in [2.45, 2.75) is 37.5 Å². The molecule has 3 nitrogen and oxygen atoms in total. The molecule has 2 aliphatic rings. The molecule has 2 saturated carbocycles. The van der Waals surface area contributed by atoms with Crippen molar-refractivity contribution < 1.29 is 8.42 Å². The van der Waals surface area contributed by atoms with E-state index in [1.54, 1.807) is 6.07 Å². The van der Waals surface area contributed by atoms with Gasteiger partial charge in [0.1, 0.15) is 0 Å². The first-order chi connectivity index (χ1) is 9.87. The van der Waals surface area contributed by atoms with Crippen LogP contribution in [-0.2, 0) is 10.0 Å². The lowest BCUT2D eigenvalue weighted by molar-refractivity contribution is 0.333. The summed E-state index contributed by atoms with van der Waals surface area (Å²) in [6.45, 7) is 2.51. The smallest absolute Gasteiger partial charge is 0.211 e. The predicted molar refractivity (Wildman–Crippen MR) is 90.7 cm³/mol. The normalized spacial score (nSPS) is 28.2. The molecule has 0 aliphatic heterocycles. The van der Waals surface area contributed by atoms with Crippen LogP contribution in [0, 0.1) is 24.7 Å². The fourth-order valence-electron chi connectivity index (χ4n) is 3.75. The first kappa shape index (κ1) is 16.0. The molecule has 0 spiro atoms. The van der Waals surface area contributed by atoms with Crippen LogP contribution in [0.1, 0.15) is 31.2 Å². The van der Waals surface area contributed by atoms with Crippen LogP contribution in [0.25, 0.3) is 0 Å². The highest BCUT2D eigenvalue weighted by molar-refractivity contribution is 9.11. The van der Waals surface area contributed by atoms with E-state index in [2.05, 4.69) is 36.6 Å². The summed E-state index contributed by atoms with van der Waals surface area (Å²) in [5.41, 5.74) is 1.01. The Bertz CT molecular complexity index is 660. The first-order valence-corrected chi connectivity index (χ1v) is 10.4. The van der Waals surface area contributed by atoms with Gasteiger partial charge in [-0.05, 0) is 77.6 Å². The van der Waals surface area contributed by atoms with E-state index in [9.17, 15) is 8.42 Å². The van der Waals surface area contributed by atoms with Crippen LogP contribution < -0.4 is 4.72 Å². The zero-order valence-corrected chi connectivity index (χ0v) is 15.9. The Morgan fingerprint density at radius 2 is 1.95 bits per heavy atom. The number of fused-ring (bicyclic) bond motifs is 2. The molecule has 2 aliphatic carbocycles. The molecule has 1 N–H and O–H groups in total. The Morgan fingerprint density at radius 3 is 2.57 bits per heavy atom. The summed E-state index contributed by atoms with van der Waals surface area (Å²) in [4.78, 5) is 0.308. The zero-order chi connectivity index (χ0) is 15.2. The third kappa shape index (κ3) is 3.23. The minimum absolute atomic E-state index is 0.308. The maximum atomic E-state index is 12.5. The number of benzene rings is 1. The molecule has 3 unspecified atom stereocenters. The number of hydrogen-bond acceptors (Lipinski definition) is 2. The Labute approximate surface area is 143 Å². The van der Waals surface area contributed by atoms with Crippen molar-refractivity contribution >= 4 is 41.9 Å². The molecule has 0 radical (unpaired) electrons. The van der Waals surface area contributed by atoms with E-state index in [4.69, 9.17) is 0 Å². The second-order valence-corrected chi connectivity index (χ2v) is 9.76. The lowest BCUT2D eigenvalue weighted by atomic mass is 9.89. The highest BCUT2D eigenvalue weighted by Crippen LogP contribution is 2.48. The van der Waals surface area contributed by atoms with Crippen molar-refractivity contribution in [3.05, 3.63) is 26.6 Å². The van der Waals surface area contributed by atoms with Gasteiger partial charge in [-0.15, -0.1) is 0 Å². The van der Waals surface area contributed by atoms with Gasteiger partial charge < -0.3 is 0 Å². The summed E-state index contributed by atoms with van der Waals surface area (Å²) < 4.78 is 29.3. The summed E-state index contributed by atoms with van der Waals surface area (Å²) in [6, 6.07) is 3.50. The number of rotatable bonds is 4. The van der Waals surface area contributed by atoms with E-state index in [0.29, 0.717) is 21.8 Å². The predicted octanol–water partition coefficient (Wildman–Crippen LogP) is 4.23. The van der Waals surface area contributed by atoms with Crippen molar-refractivity contribution in [1.82, 2.24) is 4.72 Å². The molecule has 1 aromatic rings. The van der Waals surface area contributed by atoms with Gasteiger partial charge in [0.25, 0.3) is 0 Å². The maximum Gasteiger partial charge on any atom is 0.241 e. The van der Waals surface area contributed by atoms with E-state index in [1.807, 2.05) is 13.0 Å². The molecular weight excluding hydrogens is 418 g/mol. The Morgan fingerprint density at radius 1 is 1.19 bits per heavy atom. The van der Waals surface area contributed by atoms with Crippen molar-refractivity contribution in [1.29, 1.82) is 0 Å². The van der Waals surface area contributed by atoms with Gasteiger partial charge in [0.2, 0.25) is 10.0 Å². The molecule has 21 heavy (non-hydrogen) atoms. The number of aryl methyl sites for hydroxylation is 1. The second-order valence-electron chi connectivity index (χ2n) is 6.32. The van der Waals surface area contributed by atoms with Gasteiger partial charge in [-0.1, -0.05) is 22.4 Å². The Balaban J connectivity index is 1.74. The lowest BCUT2D eigenvalue weighted by Gasteiger charge is -2.22. The molecule has 3 atom stereocenters. The van der Waals surface area contributed by atoms with Gasteiger partial charge in [0.15, 0.2) is 0 Å². The van der Waals surface area contributed by atoms with Crippen LogP contribution >= 0.6 is 31.9 Å². The van der Waals surface area contributed by atoms with Crippen molar-refractivity contribution in [3.63, 3.8) is 0 Å². The zero-order valence-electron chi connectivity index (χ0n) is 11.9. The summed E-state index contributed by atoms with van der Waals surface area (Å²) >= 11 is 6.77. The minimum Gasteiger partial charge on any atom is -0.211 e. The topological polar surface area (TPSA) is 46.2 Å². The monoisotopic (exact) mass is 435 g/mol. The fourth-order valence-corrected chi connectivity index (χ4v) is 6.52. The van der Waals surface area contributed by atoms with Crippen LogP contribution in [0.4, 0.5) is 0 Å². The van der Waals surface area contributed by atoms with Gasteiger partial charge in [0, 0.05) is 15.5 Å². The van der Waals surface area contributed by atoms with Gasteiger partial charge in [-0.3, -0.25) is 0 Å². The third-order valence-electron chi connectivity index (χ3n) is 4.92. The molecular formula is C15H19Br2NO2S. The largest absolute Gasteiger partial charge is 0.241 e. The summed E-state index contributed by atoms with van der Waals surface area (Å²) in [5.74, 6) is 2.09. The van der Waals surface area contributed by atoms with E-state index in [1.165, 1.54) is 25.7 Å². The third-order valence-corrected chi connectivity index (χ3v) is 8.16. The lowest BCUT2D eigenvalue weighted by Crippen LogP contribution is -2.31. The standard InChI is InChI=1S/C15H19Br2NO2S/c1-9-4-14(17)15(7-13(9)16)21(19,20)18-8-12-6-10-2-3-11(12)5-10/h4,7,10-12,18H,2-3,5-6,8H2,1H3. The number of hydrogen-bond donors (Lipinski definition) is 1. The Kier molecular flexibility index (Phi) is 4.52. The quantitative estimate of drug-likeness (QED) is 0.767. The van der Waals surface area contributed by atoms with Crippen molar-refractivity contribution in [2.24, 2.45) is 17.8 Å². The minimum atomic E-state index is -3.46. The molecule has 116 valence electrons. The molecule has 0 aromatic heterocycles. The summed E-state index contributed by atoms with van der Waals surface area (Å²) in [5, 5.41) is 0. The highest BCUT2D eigenvalue weighted by Gasteiger charge is 2.39. The maximum absolute atomic E-state index is 12.5. The van der Waals surface area contributed by atoms with Gasteiger partial charge in [0.05, 0.1) is 4.90 Å². The first-order valence-electron chi connectivity index (χ1n) is 7.32. The van der Waals surface area contributed by atoms with Crippen LogP contribution in [0.2, 0.25) is 0 Å². The van der Waals surface area contributed by atoms with Gasteiger partial charge in [-0.25, -0.2) is 13.1 Å². The molecule has 0 amide bonds. The van der Waals surface area contributed by atoms with Crippen molar-refractivity contribution in [2.75, 3.05) is 6.54 Å². The molecule has 2 fully saturated rings. The van der Waals surface area contributed by atoms with E-state index in [0.717, 1.165) is 21.9 Å². The molecule has 3 rings (SSSR count). The highest BCUT2D eigenvalue weighted by atomic mass is 79.9. The summed E-state index contributed by atoms with van der Waals surface area (Å²) in [7, 11) is -3.46. The number of sulfonamides is 1. The van der Waals surface area contributed by atoms with Crippen LogP contribution in [-0.4, -0.2) is 15.0 Å². The SMILES string of the molecule is Cc1cc(Br)c(S(=O)(=O)NCC2CC3CCC2C3)cc1Br. The molecule has 0 heterocycles. The van der Waals surface area contributed by atoms with Crippen LogP contribution in [0.15, 0.2) is 26.0 Å².